The van der Waals surface area contributed by atoms with Gasteiger partial charge in [0.15, 0.2) is 0 Å². The van der Waals surface area contributed by atoms with Crippen molar-refractivity contribution in [2.75, 3.05) is 11.4 Å². The van der Waals surface area contributed by atoms with E-state index in [0.717, 1.165) is 55.3 Å². The second-order valence-corrected chi connectivity index (χ2v) is 9.63. The molecule has 6 heteroatoms. The Morgan fingerprint density at radius 1 is 1.21 bits per heavy atom. The molecule has 4 atom stereocenters. The number of fused-ring (bicyclic) bond motifs is 2. The summed E-state index contributed by atoms with van der Waals surface area (Å²) in [6.45, 7) is 3.09. The third kappa shape index (κ3) is 3.71. The number of rotatable bonds is 7. The smallest absolute Gasteiger partial charge is 0.335 e. The highest BCUT2D eigenvalue weighted by Crippen LogP contribution is 2.57. The minimum absolute atomic E-state index is 0.0448. The van der Waals surface area contributed by atoms with Crippen LogP contribution in [0.3, 0.4) is 0 Å². The Morgan fingerprint density at radius 2 is 2.03 bits per heavy atom. The standard InChI is InChI=1S/C27H30N2O4/c1-2-3-4-7-17-12-13-28-25(18-8-5-9-20(14-18)29(32)33)22-11-6-10-21(22)24-16-19(27(30)31)15-23(17)26(24)28/h5-6,8-10,14-17,21-22,25H,2-4,7,11-13H2,1H3,(H,30,31)/t17-,21+,22-,25-/m0/s1. The van der Waals surface area contributed by atoms with Crippen LogP contribution in [0.15, 0.2) is 48.6 Å². The molecule has 0 unspecified atom stereocenters. The quantitative estimate of drug-likeness (QED) is 0.225. The first-order valence-corrected chi connectivity index (χ1v) is 12.1. The van der Waals surface area contributed by atoms with Crippen LogP contribution in [0.2, 0.25) is 0 Å². The summed E-state index contributed by atoms with van der Waals surface area (Å²) in [6, 6.07) is 10.9. The number of hydrogen-bond acceptors (Lipinski definition) is 4. The van der Waals surface area contributed by atoms with Gasteiger partial charge in [0, 0.05) is 30.3 Å². The summed E-state index contributed by atoms with van der Waals surface area (Å²) in [7, 11) is 0. The zero-order valence-electron chi connectivity index (χ0n) is 18.9. The first kappa shape index (κ1) is 21.7. The molecule has 0 saturated heterocycles. The van der Waals surface area contributed by atoms with Gasteiger partial charge in [0.2, 0.25) is 0 Å². The van der Waals surface area contributed by atoms with Gasteiger partial charge in [-0.3, -0.25) is 10.1 Å². The predicted octanol–water partition coefficient (Wildman–Crippen LogP) is 6.58. The molecule has 2 aliphatic heterocycles. The van der Waals surface area contributed by atoms with E-state index in [-0.39, 0.29) is 28.5 Å². The minimum atomic E-state index is -0.877. The van der Waals surface area contributed by atoms with Crippen LogP contribution in [0.5, 0.6) is 0 Å². The fourth-order valence-electron chi connectivity index (χ4n) is 6.29. The zero-order valence-corrected chi connectivity index (χ0v) is 18.9. The predicted molar refractivity (Wildman–Crippen MR) is 128 cm³/mol. The number of nitrogens with zero attached hydrogens (tertiary/aromatic N) is 2. The lowest BCUT2D eigenvalue weighted by atomic mass is 9.71. The van der Waals surface area contributed by atoms with Crippen LogP contribution in [-0.2, 0) is 0 Å². The van der Waals surface area contributed by atoms with Crippen LogP contribution >= 0.6 is 0 Å². The summed E-state index contributed by atoms with van der Waals surface area (Å²) in [4.78, 5) is 25.6. The molecule has 6 nitrogen and oxygen atoms in total. The van der Waals surface area contributed by atoms with E-state index in [9.17, 15) is 20.0 Å². The maximum atomic E-state index is 12.0. The van der Waals surface area contributed by atoms with E-state index in [2.05, 4.69) is 24.0 Å². The SMILES string of the molecule is CCCCC[C@H]1CCN2c3c1cc(C(=O)O)cc3[C@@H]1C=CC[C@@H]1[C@@H]2c1cccc([N+](=O)[O-])c1. The fourth-order valence-corrected chi connectivity index (χ4v) is 6.29. The second-order valence-electron chi connectivity index (χ2n) is 9.63. The highest BCUT2D eigenvalue weighted by molar-refractivity contribution is 5.90. The van der Waals surface area contributed by atoms with Crippen molar-refractivity contribution in [3.8, 4) is 0 Å². The van der Waals surface area contributed by atoms with Crippen LogP contribution in [0.1, 0.15) is 90.4 Å². The van der Waals surface area contributed by atoms with Crippen molar-refractivity contribution in [3.05, 3.63) is 80.9 Å². The number of nitro benzene ring substituents is 1. The Kier molecular flexibility index (Phi) is 5.69. The molecular weight excluding hydrogens is 416 g/mol. The van der Waals surface area contributed by atoms with E-state index in [1.165, 1.54) is 12.1 Å². The molecule has 0 aromatic heterocycles. The van der Waals surface area contributed by atoms with Gasteiger partial charge in [-0.15, -0.1) is 0 Å². The van der Waals surface area contributed by atoms with Crippen molar-refractivity contribution >= 4 is 17.3 Å². The van der Waals surface area contributed by atoms with Crippen molar-refractivity contribution in [2.24, 2.45) is 5.92 Å². The van der Waals surface area contributed by atoms with Gasteiger partial charge in [-0.1, -0.05) is 50.5 Å². The van der Waals surface area contributed by atoms with Crippen molar-refractivity contribution in [2.45, 2.75) is 63.3 Å². The van der Waals surface area contributed by atoms with Crippen LogP contribution < -0.4 is 4.90 Å². The first-order chi connectivity index (χ1) is 16.0. The van der Waals surface area contributed by atoms with Crippen molar-refractivity contribution in [1.29, 1.82) is 0 Å². The average molecular weight is 447 g/mol. The number of carboxylic acids is 1. The minimum Gasteiger partial charge on any atom is -0.478 e. The van der Waals surface area contributed by atoms with E-state index in [1.807, 2.05) is 18.2 Å². The van der Waals surface area contributed by atoms with Crippen LogP contribution in [0.25, 0.3) is 0 Å². The third-order valence-electron chi connectivity index (χ3n) is 7.75. The van der Waals surface area contributed by atoms with Crippen LogP contribution in [0.4, 0.5) is 11.4 Å². The number of nitro groups is 1. The summed E-state index contributed by atoms with van der Waals surface area (Å²) in [5.74, 6) is -0.146. The van der Waals surface area contributed by atoms with E-state index < -0.39 is 5.97 Å². The molecule has 0 saturated carbocycles. The molecule has 0 radical (unpaired) electrons. The van der Waals surface area contributed by atoms with Gasteiger partial charge < -0.3 is 10.0 Å². The lowest BCUT2D eigenvalue weighted by Gasteiger charge is -2.50. The monoisotopic (exact) mass is 446 g/mol. The largest absolute Gasteiger partial charge is 0.478 e. The maximum absolute atomic E-state index is 12.0. The Bertz CT molecular complexity index is 1130. The maximum Gasteiger partial charge on any atom is 0.335 e. The van der Waals surface area contributed by atoms with Gasteiger partial charge in [-0.2, -0.15) is 0 Å². The molecule has 5 rings (SSSR count). The van der Waals surface area contributed by atoms with E-state index in [1.54, 1.807) is 18.2 Å². The number of benzene rings is 2. The van der Waals surface area contributed by atoms with Gasteiger partial charge >= 0.3 is 5.97 Å². The van der Waals surface area contributed by atoms with Gasteiger partial charge in [0.25, 0.3) is 5.69 Å². The summed E-state index contributed by atoms with van der Waals surface area (Å²) in [5.41, 5.74) is 4.92. The van der Waals surface area contributed by atoms with Crippen molar-refractivity contribution in [3.63, 3.8) is 0 Å². The molecule has 2 aromatic rings. The van der Waals surface area contributed by atoms with Crippen molar-refractivity contribution < 1.29 is 14.8 Å². The second kappa shape index (κ2) is 8.65. The van der Waals surface area contributed by atoms with E-state index >= 15 is 0 Å². The molecule has 172 valence electrons. The summed E-state index contributed by atoms with van der Waals surface area (Å²) in [5, 5.41) is 21.3. The lowest BCUT2D eigenvalue weighted by molar-refractivity contribution is -0.384. The Labute approximate surface area is 194 Å². The zero-order chi connectivity index (χ0) is 23.1. The Hall–Kier alpha value is -3.15. The summed E-state index contributed by atoms with van der Waals surface area (Å²) in [6.07, 6.45) is 10.8. The number of carbonyl (C=O) groups is 1. The first-order valence-electron chi connectivity index (χ1n) is 12.1. The molecule has 2 aromatic carbocycles. The molecule has 0 amide bonds. The molecule has 3 aliphatic rings. The third-order valence-corrected chi connectivity index (χ3v) is 7.75. The Balaban J connectivity index is 1.65. The molecule has 2 heterocycles. The molecule has 1 aliphatic carbocycles. The average Bonchev–Trinajstić information content (AvgIpc) is 3.30. The van der Waals surface area contributed by atoms with Gasteiger partial charge in [-0.25, -0.2) is 4.79 Å². The molecule has 1 N–H and O–H groups in total. The van der Waals surface area contributed by atoms with Crippen molar-refractivity contribution in [1.82, 2.24) is 0 Å². The molecule has 0 bridgehead atoms. The van der Waals surface area contributed by atoms with Gasteiger partial charge in [-0.05, 0) is 59.9 Å². The number of allylic oxidation sites excluding steroid dienone is 2. The lowest BCUT2D eigenvalue weighted by Crippen LogP contribution is -2.43. The fraction of sp³-hybridized carbons (Fsp3) is 0.444. The van der Waals surface area contributed by atoms with Gasteiger partial charge in [0.05, 0.1) is 16.5 Å². The summed E-state index contributed by atoms with van der Waals surface area (Å²) < 4.78 is 0. The molecule has 0 fully saturated rings. The van der Waals surface area contributed by atoms with Crippen LogP contribution in [0, 0.1) is 16.0 Å². The summed E-state index contributed by atoms with van der Waals surface area (Å²) >= 11 is 0. The Morgan fingerprint density at radius 3 is 2.79 bits per heavy atom. The highest BCUT2D eigenvalue weighted by atomic mass is 16.6. The molecular formula is C27H30N2O4. The normalized spacial score (nSPS) is 24.9. The number of anilines is 1. The number of hydrogen-bond donors (Lipinski definition) is 1. The van der Waals surface area contributed by atoms with Gasteiger partial charge in [0.1, 0.15) is 0 Å². The van der Waals surface area contributed by atoms with E-state index in [0.29, 0.717) is 11.5 Å². The highest BCUT2D eigenvalue weighted by Gasteiger charge is 2.46. The van der Waals surface area contributed by atoms with Crippen LogP contribution in [-0.4, -0.2) is 22.5 Å². The molecule has 33 heavy (non-hydrogen) atoms. The molecule has 0 spiro atoms. The number of aromatic carboxylic acids is 1. The topological polar surface area (TPSA) is 83.7 Å². The number of carboxylic acid groups (broad SMARTS) is 1. The number of non-ortho nitro benzene ring substituents is 1. The number of unbranched alkanes of at least 4 members (excludes halogenated alkanes) is 2. The van der Waals surface area contributed by atoms with E-state index in [4.69, 9.17) is 0 Å².